The molecule has 0 atom stereocenters. The molecule has 100 valence electrons. The maximum Gasteiger partial charge on any atom is 0.255 e. The third kappa shape index (κ3) is 4.71. The second-order valence-corrected chi connectivity index (χ2v) is 4.64. The number of nitrogen functional groups attached to an aromatic ring is 1. The number of carbonyl (C=O) groups excluding carboxylic acids is 1. The van der Waals surface area contributed by atoms with Crippen LogP contribution in [0.1, 0.15) is 29.9 Å². The lowest BCUT2D eigenvalue weighted by molar-refractivity contribution is 0.0886. The van der Waals surface area contributed by atoms with Crippen molar-refractivity contribution in [3.63, 3.8) is 0 Å². The van der Waals surface area contributed by atoms with Gasteiger partial charge in [0.2, 0.25) is 0 Å². The lowest BCUT2D eigenvalue weighted by Crippen LogP contribution is -2.28. The smallest absolute Gasteiger partial charge is 0.255 e. The van der Waals surface area contributed by atoms with Crippen molar-refractivity contribution in [1.29, 1.82) is 0 Å². The zero-order valence-electron chi connectivity index (χ0n) is 11.2. The topological polar surface area (TPSA) is 77.2 Å². The van der Waals surface area contributed by atoms with E-state index in [0.717, 1.165) is 5.69 Å². The highest BCUT2D eigenvalue weighted by molar-refractivity contribution is 5.98. The predicted octanol–water partition coefficient (Wildman–Crippen LogP) is 1.37. The van der Waals surface area contributed by atoms with Gasteiger partial charge in [-0.25, -0.2) is 0 Å². The summed E-state index contributed by atoms with van der Waals surface area (Å²) in [6, 6.07) is 1.68. The largest absolute Gasteiger partial charge is 0.398 e. The Hall–Kier alpha value is -1.62. The number of nitrogens with zero attached hydrogens (tertiary/aromatic N) is 1. The molecule has 1 aromatic heterocycles. The van der Waals surface area contributed by atoms with Crippen LogP contribution < -0.4 is 11.1 Å². The number of hydrogen-bond acceptors (Lipinski definition) is 4. The van der Waals surface area contributed by atoms with E-state index in [1.807, 2.05) is 6.92 Å². The first kappa shape index (κ1) is 14.4. The lowest BCUT2D eigenvalue weighted by Gasteiger charge is -2.09. The molecule has 0 unspecified atom stereocenters. The van der Waals surface area contributed by atoms with Gasteiger partial charge in [0.15, 0.2) is 0 Å². The molecule has 5 nitrogen and oxygen atoms in total. The third-order valence-electron chi connectivity index (χ3n) is 2.30. The number of pyridine rings is 1. The molecule has 0 saturated heterocycles. The van der Waals surface area contributed by atoms with Crippen LogP contribution in [0, 0.1) is 12.8 Å². The Labute approximate surface area is 108 Å². The van der Waals surface area contributed by atoms with Gasteiger partial charge in [-0.05, 0) is 18.9 Å². The van der Waals surface area contributed by atoms with E-state index in [1.165, 1.54) is 6.20 Å². The lowest BCUT2D eigenvalue weighted by atomic mass is 10.2. The van der Waals surface area contributed by atoms with E-state index in [1.54, 1.807) is 6.07 Å². The molecule has 3 N–H and O–H groups in total. The number of anilines is 1. The van der Waals surface area contributed by atoms with Crippen LogP contribution in [0.25, 0.3) is 0 Å². The van der Waals surface area contributed by atoms with Gasteiger partial charge in [0.25, 0.3) is 5.91 Å². The van der Waals surface area contributed by atoms with Gasteiger partial charge in [0.05, 0.1) is 12.2 Å². The quantitative estimate of drug-likeness (QED) is 0.749. The van der Waals surface area contributed by atoms with Crippen molar-refractivity contribution in [3.05, 3.63) is 23.5 Å². The Morgan fingerprint density at radius 1 is 1.56 bits per heavy atom. The van der Waals surface area contributed by atoms with E-state index < -0.39 is 0 Å². The fourth-order valence-corrected chi connectivity index (χ4v) is 1.42. The summed E-state index contributed by atoms with van der Waals surface area (Å²) < 4.78 is 5.37. The van der Waals surface area contributed by atoms with Crippen molar-refractivity contribution in [2.24, 2.45) is 5.92 Å². The number of nitrogens with two attached hydrogens (primary N) is 1. The molecule has 0 saturated carbocycles. The summed E-state index contributed by atoms with van der Waals surface area (Å²) in [6.45, 7) is 7.67. The summed E-state index contributed by atoms with van der Waals surface area (Å²) in [4.78, 5) is 15.8. The van der Waals surface area contributed by atoms with Gasteiger partial charge in [-0.2, -0.15) is 0 Å². The van der Waals surface area contributed by atoms with Crippen molar-refractivity contribution in [3.8, 4) is 0 Å². The van der Waals surface area contributed by atoms with Crippen LogP contribution in [0.5, 0.6) is 0 Å². The minimum absolute atomic E-state index is 0.215. The number of ether oxygens (including phenoxy) is 1. The van der Waals surface area contributed by atoms with Crippen LogP contribution >= 0.6 is 0 Å². The molecule has 0 spiro atoms. The summed E-state index contributed by atoms with van der Waals surface area (Å²) in [7, 11) is 0. The van der Waals surface area contributed by atoms with E-state index in [9.17, 15) is 4.79 Å². The van der Waals surface area contributed by atoms with E-state index in [2.05, 4.69) is 24.1 Å². The molecule has 0 aliphatic rings. The van der Waals surface area contributed by atoms with Crippen LogP contribution in [-0.4, -0.2) is 30.6 Å². The van der Waals surface area contributed by atoms with Crippen LogP contribution in [0.3, 0.4) is 0 Å². The molecule has 0 aromatic carbocycles. The number of aromatic nitrogens is 1. The normalized spacial score (nSPS) is 10.7. The fraction of sp³-hybridized carbons (Fsp3) is 0.538. The standard InChI is InChI=1S/C13H21N3O2/c1-9(2)8-18-5-4-15-13(17)11-7-16-10(3)6-12(11)14/h6-7,9H,4-5,8H2,1-3H3,(H2,14,16)(H,15,17). The number of hydrogen-bond donors (Lipinski definition) is 2. The van der Waals surface area contributed by atoms with Gasteiger partial charge in [-0.1, -0.05) is 13.8 Å². The Morgan fingerprint density at radius 3 is 2.89 bits per heavy atom. The van der Waals surface area contributed by atoms with Gasteiger partial charge in [-0.15, -0.1) is 0 Å². The molecular formula is C13H21N3O2. The zero-order chi connectivity index (χ0) is 13.5. The summed E-state index contributed by atoms with van der Waals surface area (Å²) >= 11 is 0. The van der Waals surface area contributed by atoms with Gasteiger partial charge < -0.3 is 15.8 Å². The highest BCUT2D eigenvalue weighted by Gasteiger charge is 2.09. The van der Waals surface area contributed by atoms with Crippen LogP contribution in [0.4, 0.5) is 5.69 Å². The molecule has 0 fully saturated rings. The molecule has 1 amide bonds. The maximum atomic E-state index is 11.8. The SMILES string of the molecule is Cc1cc(N)c(C(=O)NCCOCC(C)C)cn1. The Kier molecular flexibility index (Phi) is 5.58. The summed E-state index contributed by atoms with van der Waals surface area (Å²) in [5, 5.41) is 2.75. The fourth-order valence-electron chi connectivity index (χ4n) is 1.42. The predicted molar refractivity (Wildman–Crippen MR) is 71.4 cm³/mol. The highest BCUT2D eigenvalue weighted by atomic mass is 16.5. The molecule has 0 bridgehead atoms. The maximum absolute atomic E-state index is 11.8. The Bertz CT molecular complexity index is 405. The first-order valence-corrected chi connectivity index (χ1v) is 6.08. The molecule has 0 radical (unpaired) electrons. The average molecular weight is 251 g/mol. The minimum atomic E-state index is -0.215. The molecule has 5 heteroatoms. The average Bonchev–Trinajstić information content (AvgIpc) is 2.27. The van der Waals surface area contributed by atoms with E-state index >= 15 is 0 Å². The molecule has 18 heavy (non-hydrogen) atoms. The number of rotatable bonds is 6. The molecule has 0 aliphatic carbocycles. The first-order valence-electron chi connectivity index (χ1n) is 6.08. The second kappa shape index (κ2) is 6.96. The van der Waals surface area contributed by atoms with Crippen molar-refractivity contribution in [1.82, 2.24) is 10.3 Å². The van der Waals surface area contributed by atoms with Crippen molar-refractivity contribution in [2.45, 2.75) is 20.8 Å². The first-order chi connectivity index (χ1) is 8.50. The van der Waals surface area contributed by atoms with E-state index in [0.29, 0.717) is 36.9 Å². The molecule has 1 rings (SSSR count). The number of carbonyl (C=O) groups is 1. The van der Waals surface area contributed by atoms with Crippen molar-refractivity contribution < 1.29 is 9.53 Å². The van der Waals surface area contributed by atoms with Gasteiger partial charge in [0.1, 0.15) is 0 Å². The minimum Gasteiger partial charge on any atom is -0.398 e. The van der Waals surface area contributed by atoms with Gasteiger partial charge >= 0.3 is 0 Å². The summed E-state index contributed by atoms with van der Waals surface area (Å²) in [5.74, 6) is 0.283. The number of aryl methyl sites for hydroxylation is 1. The van der Waals surface area contributed by atoms with Crippen molar-refractivity contribution >= 4 is 11.6 Å². The van der Waals surface area contributed by atoms with Gasteiger partial charge in [-0.3, -0.25) is 9.78 Å². The molecular weight excluding hydrogens is 230 g/mol. The molecule has 1 heterocycles. The number of nitrogens with one attached hydrogen (secondary N) is 1. The Balaban J connectivity index is 2.36. The number of amides is 1. The Morgan fingerprint density at radius 2 is 2.28 bits per heavy atom. The molecule has 0 aliphatic heterocycles. The summed E-state index contributed by atoms with van der Waals surface area (Å²) in [6.07, 6.45) is 1.50. The summed E-state index contributed by atoms with van der Waals surface area (Å²) in [5.41, 5.74) is 7.41. The van der Waals surface area contributed by atoms with E-state index in [4.69, 9.17) is 10.5 Å². The van der Waals surface area contributed by atoms with Gasteiger partial charge in [0, 0.05) is 30.7 Å². The third-order valence-corrected chi connectivity index (χ3v) is 2.30. The molecule has 1 aromatic rings. The van der Waals surface area contributed by atoms with Crippen LogP contribution in [-0.2, 0) is 4.74 Å². The van der Waals surface area contributed by atoms with Crippen molar-refractivity contribution in [2.75, 3.05) is 25.5 Å². The second-order valence-electron chi connectivity index (χ2n) is 4.64. The highest BCUT2D eigenvalue weighted by Crippen LogP contribution is 2.10. The van der Waals surface area contributed by atoms with Crippen LogP contribution in [0.2, 0.25) is 0 Å². The van der Waals surface area contributed by atoms with Crippen LogP contribution in [0.15, 0.2) is 12.3 Å². The van der Waals surface area contributed by atoms with E-state index in [-0.39, 0.29) is 5.91 Å². The zero-order valence-corrected chi connectivity index (χ0v) is 11.2. The monoisotopic (exact) mass is 251 g/mol.